The van der Waals surface area contributed by atoms with Crippen LogP contribution in [0.3, 0.4) is 0 Å². The van der Waals surface area contributed by atoms with Crippen molar-refractivity contribution >= 4 is 32.3 Å². The van der Waals surface area contributed by atoms with E-state index in [-0.39, 0.29) is 0 Å². The standard InChI is InChI=1S/C47H38/c1-4-31(2)39-18-7-8-19-40(39)45-30-38(25-24-32(45)3)47-43-22-11-9-20-41(43)46(42-21-10-12-23-44(42)47)37-17-13-16-35(29-37)36-27-26-33-14-5-6-15-34(33)28-36/h5-31H,4H2,1-3H3. The highest BCUT2D eigenvalue weighted by atomic mass is 14.2. The predicted octanol–water partition coefficient (Wildman–Crippen LogP) is 13.6. The molecule has 0 bridgehead atoms. The Morgan fingerprint density at radius 2 is 0.957 bits per heavy atom. The molecular weight excluding hydrogens is 565 g/mol. The molecule has 0 saturated carbocycles. The Bertz CT molecular complexity index is 2370. The summed E-state index contributed by atoms with van der Waals surface area (Å²) in [7, 11) is 0. The summed E-state index contributed by atoms with van der Waals surface area (Å²) in [5.74, 6) is 0.501. The Hall–Kier alpha value is -5.46. The summed E-state index contributed by atoms with van der Waals surface area (Å²) in [5, 5.41) is 7.64. The van der Waals surface area contributed by atoms with Crippen LogP contribution in [-0.4, -0.2) is 0 Å². The SMILES string of the molecule is CCC(C)c1ccccc1-c1cc(-c2c3ccccc3c(-c3cccc(-c4ccc5ccccc5c4)c3)c3ccccc23)ccc1C. The zero-order valence-electron chi connectivity index (χ0n) is 27.3. The maximum Gasteiger partial charge on any atom is -0.00262 e. The fraction of sp³-hybridized carbons (Fsp3) is 0.106. The third-order valence-corrected chi connectivity index (χ3v) is 10.1. The van der Waals surface area contributed by atoms with Crippen LogP contribution < -0.4 is 0 Å². The minimum absolute atomic E-state index is 0.501. The molecule has 8 rings (SSSR count). The molecule has 1 unspecified atom stereocenters. The summed E-state index contributed by atoms with van der Waals surface area (Å²) >= 11 is 0. The molecule has 47 heavy (non-hydrogen) atoms. The van der Waals surface area contributed by atoms with Crippen molar-refractivity contribution in [2.24, 2.45) is 0 Å². The van der Waals surface area contributed by atoms with Crippen LogP contribution in [0.25, 0.3) is 76.8 Å². The number of rotatable bonds is 6. The average Bonchev–Trinajstić information content (AvgIpc) is 3.13. The molecule has 1 atom stereocenters. The first-order valence-corrected chi connectivity index (χ1v) is 16.8. The van der Waals surface area contributed by atoms with E-state index < -0.39 is 0 Å². The molecule has 0 radical (unpaired) electrons. The van der Waals surface area contributed by atoms with E-state index in [1.165, 1.54) is 88.0 Å². The van der Waals surface area contributed by atoms with Gasteiger partial charge in [0.1, 0.15) is 0 Å². The van der Waals surface area contributed by atoms with Crippen molar-refractivity contribution in [3.8, 4) is 44.5 Å². The van der Waals surface area contributed by atoms with E-state index in [0.29, 0.717) is 5.92 Å². The molecule has 0 amide bonds. The average molecular weight is 603 g/mol. The van der Waals surface area contributed by atoms with Crippen molar-refractivity contribution in [1.29, 1.82) is 0 Å². The van der Waals surface area contributed by atoms with Crippen molar-refractivity contribution in [3.63, 3.8) is 0 Å². The molecule has 0 aliphatic heterocycles. The lowest BCUT2D eigenvalue weighted by atomic mass is 9.83. The Morgan fingerprint density at radius 1 is 0.426 bits per heavy atom. The molecule has 0 aromatic heterocycles. The lowest BCUT2D eigenvalue weighted by Crippen LogP contribution is -1.97. The lowest BCUT2D eigenvalue weighted by molar-refractivity contribution is 0.735. The zero-order valence-corrected chi connectivity index (χ0v) is 27.3. The molecular formula is C47H38. The fourth-order valence-electron chi connectivity index (χ4n) is 7.43. The molecule has 0 saturated heterocycles. The number of hydrogen-bond acceptors (Lipinski definition) is 0. The van der Waals surface area contributed by atoms with Gasteiger partial charge in [0.15, 0.2) is 0 Å². The van der Waals surface area contributed by atoms with Gasteiger partial charge in [0.05, 0.1) is 0 Å². The van der Waals surface area contributed by atoms with Crippen LogP contribution in [0.1, 0.15) is 37.3 Å². The van der Waals surface area contributed by atoms with Gasteiger partial charge >= 0.3 is 0 Å². The van der Waals surface area contributed by atoms with Crippen molar-refractivity contribution in [2.75, 3.05) is 0 Å². The number of fused-ring (bicyclic) bond motifs is 3. The highest BCUT2D eigenvalue weighted by Gasteiger charge is 2.19. The maximum absolute atomic E-state index is 2.44. The quantitative estimate of drug-likeness (QED) is 0.166. The van der Waals surface area contributed by atoms with Gasteiger partial charge in [-0.3, -0.25) is 0 Å². The minimum Gasteiger partial charge on any atom is -0.0648 e. The van der Waals surface area contributed by atoms with E-state index in [9.17, 15) is 0 Å². The van der Waals surface area contributed by atoms with Crippen molar-refractivity contribution in [3.05, 3.63) is 169 Å². The zero-order chi connectivity index (χ0) is 31.9. The summed E-state index contributed by atoms with van der Waals surface area (Å²) in [6.45, 7) is 6.86. The summed E-state index contributed by atoms with van der Waals surface area (Å²) < 4.78 is 0. The number of aryl methyl sites for hydroxylation is 1. The van der Waals surface area contributed by atoms with E-state index in [0.717, 1.165) is 6.42 Å². The molecule has 0 spiro atoms. The van der Waals surface area contributed by atoms with Crippen molar-refractivity contribution in [1.82, 2.24) is 0 Å². The van der Waals surface area contributed by atoms with E-state index in [1.54, 1.807) is 0 Å². The molecule has 0 heteroatoms. The molecule has 8 aromatic carbocycles. The topological polar surface area (TPSA) is 0 Å². The van der Waals surface area contributed by atoms with E-state index >= 15 is 0 Å². The third-order valence-electron chi connectivity index (χ3n) is 10.1. The van der Waals surface area contributed by atoms with Gasteiger partial charge in [-0.15, -0.1) is 0 Å². The van der Waals surface area contributed by atoms with Crippen LogP contribution >= 0.6 is 0 Å². The summed E-state index contributed by atoms with van der Waals surface area (Å²) in [5.41, 5.74) is 12.9. The van der Waals surface area contributed by atoms with E-state index in [2.05, 4.69) is 178 Å². The first-order chi connectivity index (χ1) is 23.1. The molecule has 0 N–H and O–H groups in total. The molecule has 0 fully saturated rings. The van der Waals surface area contributed by atoms with Crippen LogP contribution in [0.2, 0.25) is 0 Å². The van der Waals surface area contributed by atoms with Gasteiger partial charge in [-0.2, -0.15) is 0 Å². The maximum atomic E-state index is 2.44. The molecule has 226 valence electrons. The Kier molecular flexibility index (Phi) is 7.43. The van der Waals surface area contributed by atoms with Crippen LogP contribution in [-0.2, 0) is 0 Å². The highest BCUT2D eigenvalue weighted by Crippen LogP contribution is 2.45. The summed E-state index contributed by atoms with van der Waals surface area (Å²) in [4.78, 5) is 0. The van der Waals surface area contributed by atoms with Gasteiger partial charge in [-0.25, -0.2) is 0 Å². The van der Waals surface area contributed by atoms with Crippen molar-refractivity contribution in [2.45, 2.75) is 33.1 Å². The van der Waals surface area contributed by atoms with Crippen LogP contribution in [0.4, 0.5) is 0 Å². The van der Waals surface area contributed by atoms with E-state index in [4.69, 9.17) is 0 Å². The second-order valence-electron chi connectivity index (χ2n) is 12.9. The molecule has 8 aromatic rings. The van der Waals surface area contributed by atoms with Gasteiger partial charge in [0, 0.05) is 0 Å². The van der Waals surface area contributed by atoms with E-state index in [1.807, 2.05) is 0 Å². The van der Waals surface area contributed by atoms with Gasteiger partial charge in [-0.1, -0.05) is 153 Å². The number of hydrogen-bond donors (Lipinski definition) is 0. The third kappa shape index (κ3) is 5.11. The number of benzene rings is 8. The fourth-order valence-corrected chi connectivity index (χ4v) is 7.43. The van der Waals surface area contributed by atoms with Gasteiger partial charge in [0.25, 0.3) is 0 Å². The molecule has 0 aliphatic carbocycles. The smallest absolute Gasteiger partial charge is 0.00262 e. The minimum atomic E-state index is 0.501. The largest absolute Gasteiger partial charge is 0.0648 e. The second kappa shape index (κ2) is 12.0. The van der Waals surface area contributed by atoms with Gasteiger partial charge in [-0.05, 0) is 125 Å². The Labute approximate surface area is 278 Å². The normalized spacial score (nSPS) is 12.1. The Morgan fingerprint density at radius 3 is 1.64 bits per heavy atom. The van der Waals surface area contributed by atoms with Crippen LogP contribution in [0, 0.1) is 6.92 Å². The monoisotopic (exact) mass is 602 g/mol. The second-order valence-corrected chi connectivity index (χ2v) is 12.9. The highest BCUT2D eigenvalue weighted by molar-refractivity contribution is 6.21. The lowest BCUT2D eigenvalue weighted by Gasteiger charge is -2.20. The van der Waals surface area contributed by atoms with Gasteiger partial charge in [0.2, 0.25) is 0 Å². The van der Waals surface area contributed by atoms with Gasteiger partial charge < -0.3 is 0 Å². The molecule has 0 heterocycles. The first-order valence-electron chi connectivity index (χ1n) is 16.8. The molecule has 0 nitrogen and oxygen atoms in total. The summed E-state index contributed by atoms with van der Waals surface area (Å²) in [6, 6.07) is 58.4. The summed E-state index contributed by atoms with van der Waals surface area (Å²) in [6.07, 6.45) is 1.12. The first kappa shape index (κ1) is 29.0. The van der Waals surface area contributed by atoms with Crippen LogP contribution in [0.5, 0.6) is 0 Å². The molecule has 0 aliphatic rings. The Balaban J connectivity index is 1.35. The van der Waals surface area contributed by atoms with Crippen LogP contribution in [0.15, 0.2) is 158 Å². The van der Waals surface area contributed by atoms with Crippen molar-refractivity contribution < 1.29 is 0 Å². The predicted molar refractivity (Wildman–Crippen MR) is 204 cm³/mol.